The van der Waals surface area contributed by atoms with Crippen molar-refractivity contribution < 1.29 is 17.8 Å². The number of rotatable bonds is 7. The Balaban J connectivity index is 3.49. The smallest absolute Gasteiger partial charge is 0.264 e. The normalized spacial score (nSPS) is 11.5. The average molecular weight is 208 g/mol. The molecule has 0 atom stereocenters. The summed E-state index contributed by atoms with van der Waals surface area (Å²) in [5.74, 6) is -0.240. The highest BCUT2D eigenvalue weighted by molar-refractivity contribution is 7.85. The monoisotopic (exact) mass is 208 g/mol. The fourth-order valence-electron chi connectivity index (χ4n) is 0.951. The minimum absolute atomic E-state index is 0.0745. The Hall–Kier alpha value is -0.420. The topological polar surface area (TPSA) is 71.4 Å². The average Bonchev–Trinajstić information content (AvgIpc) is 1.98. The molecular formula is C8H16O4S. The van der Waals surface area contributed by atoms with Gasteiger partial charge in [0.25, 0.3) is 10.1 Å². The summed E-state index contributed by atoms with van der Waals surface area (Å²) < 4.78 is 28.9. The lowest BCUT2D eigenvalue weighted by Gasteiger charge is -1.98. The quantitative estimate of drug-likeness (QED) is 0.642. The van der Waals surface area contributed by atoms with Crippen LogP contribution in [0, 0.1) is 0 Å². The van der Waals surface area contributed by atoms with E-state index in [-0.39, 0.29) is 24.4 Å². The highest BCUT2D eigenvalue weighted by Gasteiger charge is 2.06. The number of ketones is 1. The molecule has 13 heavy (non-hydrogen) atoms. The summed E-state index contributed by atoms with van der Waals surface area (Å²) in [6.07, 6.45) is 2.80. The molecule has 5 heteroatoms. The van der Waals surface area contributed by atoms with Crippen LogP contribution in [0.2, 0.25) is 0 Å². The predicted molar refractivity (Wildman–Crippen MR) is 50.2 cm³/mol. The van der Waals surface area contributed by atoms with E-state index in [2.05, 4.69) is 0 Å². The second-order valence-electron chi connectivity index (χ2n) is 3.03. The van der Waals surface area contributed by atoms with Gasteiger partial charge in [-0.3, -0.25) is 9.35 Å². The molecule has 0 rings (SSSR count). The van der Waals surface area contributed by atoms with Crippen LogP contribution in [0.5, 0.6) is 0 Å². The van der Waals surface area contributed by atoms with Crippen LogP contribution >= 0.6 is 0 Å². The van der Waals surface area contributed by atoms with Crippen LogP contribution in [0.4, 0.5) is 0 Å². The molecule has 78 valence electrons. The third kappa shape index (κ3) is 9.49. The number of hydrogen-bond donors (Lipinski definition) is 1. The number of carbonyl (C=O) groups is 1. The Morgan fingerprint density at radius 3 is 2.23 bits per heavy atom. The molecule has 0 saturated carbocycles. The van der Waals surface area contributed by atoms with Crippen molar-refractivity contribution in [2.75, 3.05) is 5.75 Å². The van der Waals surface area contributed by atoms with E-state index in [1.807, 2.05) is 6.92 Å². The van der Waals surface area contributed by atoms with Crippen molar-refractivity contribution in [1.29, 1.82) is 0 Å². The van der Waals surface area contributed by atoms with Crippen molar-refractivity contribution in [3.8, 4) is 0 Å². The molecule has 1 N–H and O–H groups in total. The van der Waals surface area contributed by atoms with Gasteiger partial charge in [0, 0.05) is 12.8 Å². The van der Waals surface area contributed by atoms with E-state index in [0.717, 1.165) is 12.8 Å². The number of carbonyl (C=O) groups excluding carboxylic acids is 1. The van der Waals surface area contributed by atoms with E-state index in [4.69, 9.17) is 4.55 Å². The maximum absolute atomic E-state index is 11.0. The van der Waals surface area contributed by atoms with Gasteiger partial charge in [-0.25, -0.2) is 0 Å². The molecule has 0 radical (unpaired) electrons. The lowest BCUT2D eigenvalue weighted by atomic mass is 10.1. The highest BCUT2D eigenvalue weighted by Crippen LogP contribution is 2.02. The zero-order valence-electron chi connectivity index (χ0n) is 7.82. The molecule has 0 heterocycles. The zero-order valence-corrected chi connectivity index (χ0v) is 8.64. The molecule has 0 amide bonds. The Kier molecular flexibility index (Phi) is 5.90. The van der Waals surface area contributed by atoms with Gasteiger partial charge in [0.1, 0.15) is 5.78 Å². The molecule has 0 unspecified atom stereocenters. The van der Waals surface area contributed by atoms with Crippen molar-refractivity contribution >= 4 is 15.9 Å². The van der Waals surface area contributed by atoms with Gasteiger partial charge >= 0.3 is 0 Å². The summed E-state index contributed by atoms with van der Waals surface area (Å²) in [5, 5.41) is 0. The minimum Gasteiger partial charge on any atom is -0.300 e. The van der Waals surface area contributed by atoms with Gasteiger partial charge in [-0.1, -0.05) is 13.3 Å². The van der Waals surface area contributed by atoms with Gasteiger partial charge in [0.05, 0.1) is 5.75 Å². The van der Waals surface area contributed by atoms with Crippen molar-refractivity contribution in [1.82, 2.24) is 0 Å². The predicted octanol–water partition coefficient (Wildman–Crippen LogP) is 1.41. The molecule has 0 aromatic heterocycles. The van der Waals surface area contributed by atoms with Crippen molar-refractivity contribution in [2.45, 2.75) is 39.0 Å². The SMILES string of the molecule is CCCCC(=O)CCCS(=O)(=O)O. The zero-order chi connectivity index (χ0) is 10.3. The Bertz CT molecular complexity index is 243. The lowest BCUT2D eigenvalue weighted by Crippen LogP contribution is -2.06. The minimum atomic E-state index is -3.89. The highest BCUT2D eigenvalue weighted by atomic mass is 32.2. The molecule has 0 spiro atoms. The summed E-state index contributed by atoms with van der Waals surface area (Å²) >= 11 is 0. The Morgan fingerprint density at radius 1 is 1.23 bits per heavy atom. The third-order valence-corrected chi connectivity index (χ3v) is 2.47. The van der Waals surface area contributed by atoms with Gasteiger partial charge < -0.3 is 0 Å². The first-order chi connectivity index (χ1) is 5.95. The molecule has 0 aliphatic heterocycles. The standard InChI is InChI=1S/C8H16O4S/c1-2-3-5-8(9)6-4-7-13(10,11)12/h2-7H2,1H3,(H,10,11,12). The van der Waals surface area contributed by atoms with Crippen LogP contribution in [-0.4, -0.2) is 24.5 Å². The maximum atomic E-state index is 11.0. The third-order valence-electron chi connectivity index (χ3n) is 1.67. The number of Topliss-reactive ketones (excluding diaryl/α,β-unsaturated/α-hetero) is 1. The van der Waals surface area contributed by atoms with E-state index in [0.29, 0.717) is 6.42 Å². The van der Waals surface area contributed by atoms with Crippen LogP contribution < -0.4 is 0 Å². The molecule has 0 fully saturated rings. The van der Waals surface area contributed by atoms with Crippen LogP contribution in [0.25, 0.3) is 0 Å². The second-order valence-corrected chi connectivity index (χ2v) is 4.60. The fraction of sp³-hybridized carbons (Fsp3) is 0.875. The summed E-state index contributed by atoms with van der Waals surface area (Å²) in [7, 11) is -3.89. The van der Waals surface area contributed by atoms with Gasteiger partial charge in [-0.15, -0.1) is 0 Å². The summed E-state index contributed by atoms with van der Waals surface area (Å²) in [5.41, 5.74) is 0. The van der Waals surface area contributed by atoms with E-state index < -0.39 is 10.1 Å². The summed E-state index contributed by atoms with van der Waals surface area (Å²) in [4.78, 5) is 11.0. The van der Waals surface area contributed by atoms with E-state index in [9.17, 15) is 13.2 Å². The molecule has 0 aliphatic carbocycles. The van der Waals surface area contributed by atoms with Gasteiger partial charge in [-0.05, 0) is 12.8 Å². The first-order valence-corrected chi connectivity index (χ1v) is 6.03. The molecule has 4 nitrogen and oxygen atoms in total. The van der Waals surface area contributed by atoms with Gasteiger partial charge in [0.15, 0.2) is 0 Å². The first kappa shape index (κ1) is 12.6. The molecule has 0 aliphatic rings. The van der Waals surface area contributed by atoms with E-state index >= 15 is 0 Å². The fourth-order valence-corrected chi connectivity index (χ4v) is 1.46. The summed E-state index contributed by atoms with van der Waals surface area (Å²) in [6, 6.07) is 0. The largest absolute Gasteiger partial charge is 0.300 e. The van der Waals surface area contributed by atoms with Gasteiger partial charge in [0.2, 0.25) is 0 Å². The van der Waals surface area contributed by atoms with Crippen LogP contribution in [0.1, 0.15) is 39.0 Å². The summed E-state index contributed by atoms with van der Waals surface area (Å²) in [6.45, 7) is 1.99. The maximum Gasteiger partial charge on any atom is 0.264 e. The van der Waals surface area contributed by atoms with E-state index in [1.54, 1.807) is 0 Å². The lowest BCUT2D eigenvalue weighted by molar-refractivity contribution is -0.119. The second kappa shape index (κ2) is 6.10. The molecule has 0 bridgehead atoms. The number of unbranched alkanes of at least 4 members (excludes halogenated alkanes) is 1. The molecule has 0 aromatic carbocycles. The van der Waals surface area contributed by atoms with Crippen molar-refractivity contribution in [2.24, 2.45) is 0 Å². The van der Waals surface area contributed by atoms with Gasteiger partial charge in [-0.2, -0.15) is 8.42 Å². The van der Waals surface area contributed by atoms with Crippen molar-refractivity contribution in [3.05, 3.63) is 0 Å². The Morgan fingerprint density at radius 2 is 1.77 bits per heavy atom. The Labute approximate surface area is 79.1 Å². The van der Waals surface area contributed by atoms with Crippen LogP contribution in [-0.2, 0) is 14.9 Å². The molecule has 0 aromatic rings. The number of hydrogen-bond acceptors (Lipinski definition) is 3. The van der Waals surface area contributed by atoms with Crippen LogP contribution in [0.15, 0.2) is 0 Å². The van der Waals surface area contributed by atoms with E-state index in [1.165, 1.54) is 0 Å². The first-order valence-electron chi connectivity index (χ1n) is 4.42. The van der Waals surface area contributed by atoms with Crippen LogP contribution in [0.3, 0.4) is 0 Å². The van der Waals surface area contributed by atoms with Crippen molar-refractivity contribution in [3.63, 3.8) is 0 Å². The molecule has 0 saturated heterocycles. The molecular weight excluding hydrogens is 192 g/mol.